The smallest absolute Gasteiger partial charge is 0.255 e. The first-order chi connectivity index (χ1) is 11.9. The Morgan fingerprint density at radius 2 is 1.52 bits per heavy atom. The van der Waals surface area contributed by atoms with Gasteiger partial charge in [-0.1, -0.05) is 54.6 Å². The third-order valence-corrected chi connectivity index (χ3v) is 4.89. The number of benzene rings is 3. The van der Waals surface area contributed by atoms with Crippen LogP contribution in [-0.2, 0) is 9.84 Å². The van der Waals surface area contributed by atoms with Gasteiger partial charge < -0.3 is 5.32 Å². The fraction of sp³-hybridized carbons (Fsp3) is 0.0500. The van der Waals surface area contributed by atoms with Gasteiger partial charge >= 0.3 is 0 Å². The number of para-hydroxylation sites is 1. The standard InChI is InChI=1S/C20H17NO3S/c1-25(23,24)17-11-7-10-16(14-17)20(22)21-19-13-6-5-12-18(19)15-8-3-2-4-9-15/h2-14H,1H3,(H,21,22). The first kappa shape index (κ1) is 16.9. The zero-order valence-corrected chi connectivity index (χ0v) is 14.5. The van der Waals surface area contributed by atoms with Crippen molar-refractivity contribution in [2.45, 2.75) is 4.90 Å². The van der Waals surface area contributed by atoms with E-state index in [9.17, 15) is 13.2 Å². The summed E-state index contributed by atoms with van der Waals surface area (Å²) < 4.78 is 23.3. The average Bonchev–Trinajstić information content (AvgIpc) is 2.62. The molecule has 1 amide bonds. The van der Waals surface area contributed by atoms with Gasteiger partial charge in [-0.3, -0.25) is 4.79 Å². The Labute approximate surface area is 147 Å². The molecule has 0 atom stereocenters. The van der Waals surface area contributed by atoms with E-state index in [4.69, 9.17) is 0 Å². The summed E-state index contributed by atoms with van der Waals surface area (Å²) in [5.74, 6) is -0.353. The molecule has 3 aromatic carbocycles. The lowest BCUT2D eigenvalue weighted by Gasteiger charge is -2.12. The fourth-order valence-electron chi connectivity index (χ4n) is 2.52. The molecule has 1 N–H and O–H groups in total. The SMILES string of the molecule is CS(=O)(=O)c1cccc(C(=O)Nc2ccccc2-c2ccccc2)c1. The number of hydrogen-bond donors (Lipinski definition) is 1. The van der Waals surface area contributed by atoms with Crippen LogP contribution in [0.25, 0.3) is 11.1 Å². The normalized spacial score (nSPS) is 11.1. The van der Waals surface area contributed by atoms with E-state index in [1.54, 1.807) is 12.1 Å². The largest absolute Gasteiger partial charge is 0.321 e. The molecule has 0 unspecified atom stereocenters. The minimum absolute atomic E-state index is 0.122. The predicted molar refractivity (Wildman–Crippen MR) is 99.4 cm³/mol. The van der Waals surface area contributed by atoms with E-state index in [-0.39, 0.29) is 10.8 Å². The molecule has 3 rings (SSSR count). The molecule has 3 aromatic rings. The van der Waals surface area contributed by atoms with Gasteiger partial charge in [0.15, 0.2) is 9.84 Å². The van der Waals surface area contributed by atoms with Crippen LogP contribution in [-0.4, -0.2) is 20.6 Å². The van der Waals surface area contributed by atoms with Crippen LogP contribution < -0.4 is 5.32 Å². The summed E-state index contributed by atoms with van der Waals surface area (Å²) in [5, 5.41) is 2.87. The predicted octanol–water partition coefficient (Wildman–Crippen LogP) is 4.01. The van der Waals surface area contributed by atoms with Crippen molar-refractivity contribution < 1.29 is 13.2 Å². The van der Waals surface area contributed by atoms with E-state index >= 15 is 0 Å². The van der Waals surface area contributed by atoms with E-state index < -0.39 is 9.84 Å². The molecule has 0 saturated heterocycles. The van der Waals surface area contributed by atoms with Gasteiger partial charge in [-0.2, -0.15) is 0 Å². The third-order valence-electron chi connectivity index (χ3n) is 3.78. The molecule has 0 spiro atoms. The quantitative estimate of drug-likeness (QED) is 0.772. The van der Waals surface area contributed by atoms with Crippen LogP contribution in [0.5, 0.6) is 0 Å². The Morgan fingerprint density at radius 3 is 2.24 bits per heavy atom. The summed E-state index contributed by atoms with van der Waals surface area (Å²) in [6, 6.07) is 23.2. The molecule has 0 heterocycles. The number of carbonyl (C=O) groups is 1. The Morgan fingerprint density at radius 1 is 0.840 bits per heavy atom. The van der Waals surface area contributed by atoms with Gasteiger partial charge in [0, 0.05) is 23.1 Å². The van der Waals surface area contributed by atoms with Crippen molar-refractivity contribution in [2.24, 2.45) is 0 Å². The summed E-state index contributed by atoms with van der Waals surface area (Å²) in [4.78, 5) is 12.7. The van der Waals surface area contributed by atoms with Gasteiger partial charge in [-0.25, -0.2) is 8.42 Å². The van der Waals surface area contributed by atoms with Crippen molar-refractivity contribution in [1.82, 2.24) is 0 Å². The van der Waals surface area contributed by atoms with Crippen LogP contribution in [0, 0.1) is 0 Å². The number of hydrogen-bond acceptors (Lipinski definition) is 3. The van der Waals surface area contributed by atoms with Crippen LogP contribution in [0.2, 0.25) is 0 Å². The number of anilines is 1. The molecular formula is C20H17NO3S. The molecule has 0 bridgehead atoms. The number of amides is 1. The molecule has 0 fully saturated rings. The second kappa shape index (κ2) is 6.91. The van der Waals surface area contributed by atoms with Crippen molar-refractivity contribution in [3.05, 3.63) is 84.4 Å². The van der Waals surface area contributed by atoms with E-state index in [1.807, 2.05) is 54.6 Å². The van der Waals surface area contributed by atoms with Crippen molar-refractivity contribution in [1.29, 1.82) is 0 Å². The molecule has 0 aliphatic heterocycles. The Bertz CT molecular complexity index is 1010. The van der Waals surface area contributed by atoms with Crippen molar-refractivity contribution in [2.75, 3.05) is 11.6 Å². The van der Waals surface area contributed by atoms with E-state index in [1.165, 1.54) is 12.1 Å². The molecular weight excluding hydrogens is 334 g/mol. The van der Waals surface area contributed by atoms with Crippen molar-refractivity contribution in [3.63, 3.8) is 0 Å². The highest BCUT2D eigenvalue weighted by atomic mass is 32.2. The van der Waals surface area contributed by atoms with E-state index in [0.717, 1.165) is 17.4 Å². The molecule has 0 aromatic heterocycles. The van der Waals surface area contributed by atoms with Crippen molar-refractivity contribution in [3.8, 4) is 11.1 Å². The minimum Gasteiger partial charge on any atom is -0.321 e. The summed E-state index contributed by atoms with van der Waals surface area (Å²) in [5.41, 5.74) is 2.85. The van der Waals surface area contributed by atoms with Crippen LogP contribution >= 0.6 is 0 Å². The van der Waals surface area contributed by atoms with Crippen LogP contribution in [0.3, 0.4) is 0 Å². The molecule has 126 valence electrons. The van der Waals surface area contributed by atoms with Gasteiger partial charge in [-0.05, 0) is 29.8 Å². The second-order valence-corrected chi connectivity index (χ2v) is 7.68. The van der Waals surface area contributed by atoms with Crippen LogP contribution in [0.1, 0.15) is 10.4 Å². The average molecular weight is 351 g/mol. The third kappa shape index (κ3) is 3.95. The molecule has 0 radical (unpaired) electrons. The molecule has 0 saturated carbocycles. The van der Waals surface area contributed by atoms with Crippen LogP contribution in [0.15, 0.2) is 83.8 Å². The number of carbonyl (C=O) groups excluding carboxylic acids is 1. The zero-order chi connectivity index (χ0) is 17.9. The van der Waals surface area contributed by atoms with Gasteiger partial charge in [0.25, 0.3) is 5.91 Å². The Kier molecular flexibility index (Phi) is 4.67. The number of nitrogens with one attached hydrogen (secondary N) is 1. The molecule has 4 nitrogen and oxygen atoms in total. The summed E-state index contributed by atoms with van der Waals surface area (Å²) in [6.45, 7) is 0. The highest BCUT2D eigenvalue weighted by Gasteiger charge is 2.13. The monoisotopic (exact) mass is 351 g/mol. The molecule has 25 heavy (non-hydrogen) atoms. The Hall–Kier alpha value is -2.92. The maximum absolute atomic E-state index is 12.6. The number of rotatable bonds is 4. The zero-order valence-electron chi connectivity index (χ0n) is 13.6. The lowest BCUT2D eigenvalue weighted by molar-refractivity contribution is 0.102. The highest BCUT2D eigenvalue weighted by Crippen LogP contribution is 2.28. The first-order valence-electron chi connectivity index (χ1n) is 7.71. The van der Waals surface area contributed by atoms with Crippen LogP contribution in [0.4, 0.5) is 5.69 Å². The highest BCUT2D eigenvalue weighted by molar-refractivity contribution is 7.90. The van der Waals surface area contributed by atoms with Crippen molar-refractivity contribution >= 4 is 21.4 Å². The van der Waals surface area contributed by atoms with E-state index in [0.29, 0.717) is 11.3 Å². The summed E-state index contributed by atoms with van der Waals surface area (Å²) >= 11 is 0. The molecule has 0 aliphatic rings. The fourth-order valence-corrected chi connectivity index (χ4v) is 3.19. The van der Waals surface area contributed by atoms with Gasteiger partial charge in [0.05, 0.1) is 4.90 Å². The van der Waals surface area contributed by atoms with Gasteiger partial charge in [0.1, 0.15) is 0 Å². The first-order valence-corrected chi connectivity index (χ1v) is 9.60. The van der Waals surface area contributed by atoms with Gasteiger partial charge in [0.2, 0.25) is 0 Å². The summed E-state index contributed by atoms with van der Waals surface area (Å²) in [6.07, 6.45) is 1.12. The molecule has 5 heteroatoms. The Balaban J connectivity index is 1.93. The topological polar surface area (TPSA) is 63.2 Å². The van der Waals surface area contributed by atoms with E-state index in [2.05, 4.69) is 5.32 Å². The van der Waals surface area contributed by atoms with Gasteiger partial charge in [-0.15, -0.1) is 0 Å². The minimum atomic E-state index is -3.36. The molecule has 0 aliphatic carbocycles. The number of sulfone groups is 1. The summed E-state index contributed by atoms with van der Waals surface area (Å²) in [7, 11) is -3.36. The maximum Gasteiger partial charge on any atom is 0.255 e. The second-order valence-electron chi connectivity index (χ2n) is 5.67. The lowest BCUT2D eigenvalue weighted by atomic mass is 10.0. The lowest BCUT2D eigenvalue weighted by Crippen LogP contribution is -2.13. The maximum atomic E-state index is 12.6.